The number of nitrogens with one attached hydrogen (secondary N) is 2. The van der Waals surface area contributed by atoms with Crippen LogP contribution >= 0.6 is 23.4 Å². The van der Waals surface area contributed by atoms with Gasteiger partial charge in [0.25, 0.3) is 5.91 Å². The van der Waals surface area contributed by atoms with Gasteiger partial charge in [0.15, 0.2) is 0 Å². The smallest absolute Gasteiger partial charge is 0.255 e. The molecule has 0 saturated heterocycles. The highest BCUT2D eigenvalue weighted by atomic mass is 35.5. The standard InChI is InChI=1S/C34H38ClN5O3S/c1-4-6-7-12-21-43-26-19-17-24(18-20-26)31-30(32(41)37-28-15-10-11-16-29(28)42-5-2)23(3)36-33-38-34(39-40(31)33)44-22-25-13-8-9-14-27(25)35/h8-11,13-20,31H,4-7,12,21-22H2,1-3H3,(H,37,41)(H,36,38,39). The minimum absolute atomic E-state index is 0.255. The van der Waals surface area contributed by atoms with Gasteiger partial charge in [-0.15, -0.1) is 5.10 Å². The lowest BCUT2D eigenvalue weighted by Gasteiger charge is -2.29. The second kappa shape index (κ2) is 15.2. The average Bonchev–Trinajstić information content (AvgIpc) is 3.43. The molecular weight excluding hydrogens is 594 g/mol. The molecule has 1 aliphatic heterocycles. The van der Waals surface area contributed by atoms with E-state index >= 15 is 0 Å². The number of aromatic nitrogens is 3. The normalized spacial score (nSPS) is 14.1. The van der Waals surface area contributed by atoms with Crippen molar-refractivity contribution < 1.29 is 14.3 Å². The van der Waals surface area contributed by atoms with Crippen LogP contribution in [0.5, 0.6) is 11.5 Å². The molecule has 8 nitrogen and oxygen atoms in total. The van der Waals surface area contributed by atoms with Crippen LogP contribution in [0.1, 0.15) is 63.6 Å². The number of benzene rings is 3. The van der Waals surface area contributed by atoms with Gasteiger partial charge >= 0.3 is 0 Å². The quantitative estimate of drug-likeness (QED) is 0.106. The Morgan fingerprint density at radius 1 is 1.00 bits per heavy atom. The second-order valence-electron chi connectivity index (χ2n) is 10.5. The zero-order valence-corrected chi connectivity index (χ0v) is 26.9. The van der Waals surface area contributed by atoms with Gasteiger partial charge in [-0.2, -0.15) is 4.98 Å². The maximum absolute atomic E-state index is 14.0. The molecule has 0 aliphatic carbocycles. The molecule has 1 atom stereocenters. The molecule has 2 heterocycles. The average molecular weight is 632 g/mol. The Kier molecular flexibility index (Phi) is 10.9. The van der Waals surface area contributed by atoms with Gasteiger partial charge in [0, 0.05) is 16.5 Å². The summed E-state index contributed by atoms with van der Waals surface area (Å²) >= 11 is 7.88. The van der Waals surface area contributed by atoms with Gasteiger partial charge < -0.3 is 20.1 Å². The molecule has 5 rings (SSSR count). The van der Waals surface area contributed by atoms with Gasteiger partial charge in [-0.25, -0.2) is 4.68 Å². The highest BCUT2D eigenvalue weighted by molar-refractivity contribution is 7.98. The lowest BCUT2D eigenvalue weighted by atomic mass is 9.95. The highest BCUT2D eigenvalue weighted by Gasteiger charge is 2.34. The number of rotatable bonds is 14. The van der Waals surface area contributed by atoms with E-state index in [1.54, 1.807) is 4.68 Å². The van der Waals surface area contributed by atoms with Crippen LogP contribution in [0, 0.1) is 0 Å². The summed E-state index contributed by atoms with van der Waals surface area (Å²) in [5.41, 5.74) is 3.72. The Balaban J connectivity index is 1.44. The van der Waals surface area contributed by atoms with Gasteiger partial charge in [-0.05, 0) is 61.7 Å². The predicted molar refractivity (Wildman–Crippen MR) is 178 cm³/mol. The Morgan fingerprint density at radius 2 is 1.77 bits per heavy atom. The largest absolute Gasteiger partial charge is 0.494 e. The summed E-state index contributed by atoms with van der Waals surface area (Å²) in [4.78, 5) is 18.8. The van der Waals surface area contributed by atoms with Crippen molar-refractivity contribution in [3.63, 3.8) is 0 Å². The molecule has 44 heavy (non-hydrogen) atoms. The van der Waals surface area contributed by atoms with E-state index in [4.69, 9.17) is 31.2 Å². The number of carbonyl (C=O) groups is 1. The maximum atomic E-state index is 14.0. The number of hydrogen-bond donors (Lipinski definition) is 2. The first-order valence-electron chi connectivity index (χ1n) is 15.0. The van der Waals surface area contributed by atoms with Gasteiger partial charge in [0.05, 0.1) is 24.5 Å². The van der Waals surface area contributed by atoms with Crippen LogP contribution in [0.4, 0.5) is 11.6 Å². The van der Waals surface area contributed by atoms with Crippen LogP contribution < -0.4 is 20.1 Å². The van der Waals surface area contributed by atoms with Gasteiger partial charge in [0.1, 0.15) is 17.5 Å². The maximum Gasteiger partial charge on any atom is 0.255 e. The summed E-state index contributed by atoms with van der Waals surface area (Å²) in [6.45, 7) is 7.17. The minimum Gasteiger partial charge on any atom is -0.494 e. The first-order valence-corrected chi connectivity index (χ1v) is 16.4. The Hall–Kier alpha value is -3.95. The molecular formula is C34H38ClN5O3S. The molecule has 1 amide bonds. The zero-order chi connectivity index (χ0) is 30.9. The third-order valence-electron chi connectivity index (χ3n) is 7.29. The van der Waals surface area contributed by atoms with Crippen LogP contribution in [0.15, 0.2) is 89.2 Å². The fourth-order valence-electron chi connectivity index (χ4n) is 5.06. The Labute approximate surface area is 268 Å². The van der Waals surface area contributed by atoms with E-state index in [1.165, 1.54) is 24.6 Å². The van der Waals surface area contributed by atoms with Crippen molar-refractivity contribution in [2.45, 2.75) is 63.4 Å². The van der Waals surface area contributed by atoms with Crippen LogP contribution in [0.3, 0.4) is 0 Å². The summed E-state index contributed by atoms with van der Waals surface area (Å²) in [5.74, 6) is 2.34. The molecule has 1 aliphatic rings. The second-order valence-corrected chi connectivity index (χ2v) is 11.8. The molecule has 2 N–H and O–H groups in total. The minimum atomic E-state index is -0.522. The number of thioether (sulfide) groups is 1. The summed E-state index contributed by atoms with van der Waals surface area (Å²) in [6, 6.07) is 22.6. The SMILES string of the molecule is CCCCCCOc1ccc(C2C(C(=O)Nc3ccccc3OCC)=C(C)Nc3nc(SCc4ccccc4Cl)nn32)cc1. The van der Waals surface area contributed by atoms with Gasteiger partial charge in [0.2, 0.25) is 11.1 Å². The van der Waals surface area contributed by atoms with E-state index in [9.17, 15) is 4.79 Å². The monoisotopic (exact) mass is 631 g/mol. The number of fused-ring (bicyclic) bond motifs is 1. The number of amides is 1. The predicted octanol–water partition coefficient (Wildman–Crippen LogP) is 8.51. The number of anilines is 2. The van der Waals surface area contributed by atoms with Gasteiger partial charge in [-0.1, -0.05) is 92.0 Å². The van der Waals surface area contributed by atoms with Crippen molar-refractivity contribution in [2.75, 3.05) is 23.8 Å². The number of halogens is 1. The molecule has 10 heteroatoms. The van der Waals surface area contributed by atoms with Crippen molar-refractivity contribution in [3.8, 4) is 11.5 Å². The molecule has 0 radical (unpaired) electrons. The van der Waals surface area contributed by atoms with E-state index in [0.29, 0.717) is 57.8 Å². The number of unbranched alkanes of at least 4 members (excludes halogenated alkanes) is 3. The first-order chi connectivity index (χ1) is 21.5. The van der Waals surface area contributed by atoms with E-state index in [-0.39, 0.29) is 5.91 Å². The van der Waals surface area contributed by atoms with Crippen LogP contribution in [-0.2, 0) is 10.5 Å². The molecule has 0 fully saturated rings. The molecule has 3 aromatic carbocycles. The third kappa shape index (κ3) is 7.57. The molecule has 230 valence electrons. The van der Waals surface area contributed by atoms with E-state index in [0.717, 1.165) is 29.7 Å². The summed E-state index contributed by atoms with van der Waals surface area (Å²) < 4.78 is 13.5. The van der Waals surface area contributed by atoms with Crippen molar-refractivity contribution in [3.05, 3.63) is 100 Å². The van der Waals surface area contributed by atoms with E-state index < -0.39 is 6.04 Å². The fourth-order valence-corrected chi connectivity index (χ4v) is 6.17. The molecule has 0 bridgehead atoms. The molecule has 1 aromatic heterocycles. The Bertz CT molecular complexity index is 1600. The van der Waals surface area contributed by atoms with E-state index in [2.05, 4.69) is 17.6 Å². The van der Waals surface area contributed by atoms with E-state index in [1.807, 2.05) is 86.6 Å². The van der Waals surface area contributed by atoms with Crippen LogP contribution in [0.2, 0.25) is 5.02 Å². The third-order valence-corrected chi connectivity index (χ3v) is 8.55. The van der Waals surface area contributed by atoms with Crippen molar-refractivity contribution >= 4 is 40.9 Å². The number of allylic oxidation sites excluding steroid dienone is 1. The Morgan fingerprint density at radius 3 is 2.55 bits per heavy atom. The number of para-hydroxylation sites is 2. The molecule has 0 spiro atoms. The number of hydrogen-bond acceptors (Lipinski definition) is 7. The molecule has 4 aromatic rings. The highest BCUT2D eigenvalue weighted by Crippen LogP contribution is 2.38. The fraction of sp³-hybridized carbons (Fsp3) is 0.324. The number of carbonyl (C=O) groups excluding carboxylic acids is 1. The van der Waals surface area contributed by atoms with Crippen molar-refractivity contribution in [1.82, 2.24) is 14.8 Å². The summed E-state index contributed by atoms with van der Waals surface area (Å²) in [7, 11) is 0. The van der Waals surface area contributed by atoms with Crippen LogP contribution in [0.25, 0.3) is 0 Å². The van der Waals surface area contributed by atoms with Gasteiger partial charge in [-0.3, -0.25) is 4.79 Å². The lowest BCUT2D eigenvalue weighted by Crippen LogP contribution is -2.31. The van der Waals surface area contributed by atoms with Crippen molar-refractivity contribution in [2.24, 2.45) is 0 Å². The summed E-state index contributed by atoms with van der Waals surface area (Å²) in [6.07, 6.45) is 4.58. The number of ether oxygens (including phenoxy) is 2. The number of nitrogens with zero attached hydrogens (tertiary/aromatic N) is 3. The topological polar surface area (TPSA) is 90.3 Å². The van der Waals surface area contributed by atoms with Crippen molar-refractivity contribution in [1.29, 1.82) is 0 Å². The summed E-state index contributed by atoms with van der Waals surface area (Å²) in [5, 5.41) is 12.5. The first kappa shape index (κ1) is 31.5. The lowest BCUT2D eigenvalue weighted by molar-refractivity contribution is -0.113. The molecule has 0 saturated carbocycles. The van der Waals surface area contributed by atoms with Crippen LogP contribution in [-0.4, -0.2) is 33.9 Å². The molecule has 1 unspecified atom stereocenters. The zero-order valence-electron chi connectivity index (χ0n) is 25.3.